The molecule has 5 aromatic rings. The lowest BCUT2D eigenvalue weighted by Crippen LogP contribution is -2.53. The Labute approximate surface area is 286 Å². The van der Waals surface area contributed by atoms with Gasteiger partial charge in [-0.3, -0.25) is 9.20 Å². The van der Waals surface area contributed by atoms with Gasteiger partial charge in [-0.05, 0) is 49.2 Å². The molecule has 0 radical (unpaired) electrons. The number of halogens is 2. The van der Waals surface area contributed by atoms with Gasteiger partial charge in [0.1, 0.15) is 33.9 Å². The topological polar surface area (TPSA) is 139 Å². The van der Waals surface area contributed by atoms with Crippen molar-refractivity contribution in [3.63, 3.8) is 0 Å². The molecule has 12 nitrogen and oxygen atoms in total. The minimum absolute atomic E-state index is 0. The van der Waals surface area contributed by atoms with Gasteiger partial charge in [0.15, 0.2) is 5.13 Å². The van der Waals surface area contributed by atoms with E-state index in [1.54, 1.807) is 24.5 Å². The Hall–Kier alpha value is -4.68. The van der Waals surface area contributed by atoms with E-state index >= 15 is 0 Å². The highest BCUT2D eigenvalue weighted by Crippen LogP contribution is 2.37. The first kappa shape index (κ1) is 33.2. The molecule has 15 heteroatoms. The number of aromatic nitrogens is 5. The van der Waals surface area contributed by atoms with Crippen LogP contribution in [0.25, 0.3) is 28.0 Å². The van der Waals surface area contributed by atoms with E-state index in [1.807, 2.05) is 46.5 Å². The molecule has 0 bridgehead atoms. The first-order chi connectivity index (χ1) is 22.8. The Morgan fingerprint density at radius 3 is 2.44 bits per heavy atom. The van der Waals surface area contributed by atoms with Crippen molar-refractivity contribution in [2.24, 2.45) is 0 Å². The quantitative estimate of drug-likeness (QED) is 0.258. The minimum Gasteiger partial charge on any atom is -0.392 e. The number of carbonyl (C=O) groups is 1. The summed E-state index contributed by atoms with van der Waals surface area (Å²) in [6, 6.07) is 11.9. The van der Waals surface area contributed by atoms with Crippen molar-refractivity contribution < 1.29 is 14.3 Å². The van der Waals surface area contributed by atoms with Gasteiger partial charge in [0.05, 0.1) is 17.8 Å². The first-order valence-corrected chi connectivity index (χ1v) is 16.3. The molecule has 0 unspecified atom stereocenters. The molecular weight excluding hydrogens is 655 g/mol. The molecule has 48 heavy (non-hydrogen) atoms. The molecular formula is C33H34ClFN10O2S. The fourth-order valence-electron chi connectivity index (χ4n) is 6.15. The normalized spacial score (nSPS) is 17.7. The van der Waals surface area contributed by atoms with Gasteiger partial charge in [-0.15, -0.1) is 12.4 Å². The SMILES string of the molecule is CCc1nc2ccc(-c3cnc(N4CCN(C(=O)[C@H]5C[C@@H](O)CN5)CC4)nc3)cn2c1N(C)c1nc(-c2ccc(F)cc2)c(C#N)s1.Cl. The summed E-state index contributed by atoms with van der Waals surface area (Å²) in [4.78, 5) is 38.1. The van der Waals surface area contributed by atoms with Gasteiger partial charge in [0.2, 0.25) is 11.9 Å². The van der Waals surface area contributed by atoms with E-state index < -0.39 is 6.10 Å². The van der Waals surface area contributed by atoms with Gasteiger partial charge in [0.25, 0.3) is 0 Å². The highest BCUT2D eigenvalue weighted by atomic mass is 35.5. The Balaban J connectivity index is 0.00000401. The number of nitrogens with zero attached hydrogens (tertiary/aromatic N) is 9. The molecule has 0 spiro atoms. The Bertz CT molecular complexity index is 1970. The van der Waals surface area contributed by atoms with Crippen LogP contribution in [0.15, 0.2) is 55.0 Å². The number of imidazole rings is 1. The zero-order chi connectivity index (χ0) is 32.7. The highest BCUT2D eigenvalue weighted by Gasteiger charge is 2.33. The van der Waals surface area contributed by atoms with E-state index in [0.29, 0.717) is 72.8 Å². The second kappa shape index (κ2) is 13.8. The fourth-order valence-corrected chi connectivity index (χ4v) is 7.00. The van der Waals surface area contributed by atoms with Crippen LogP contribution in [0, 0.1) is 17.1 Å². The number of rotatable bonds is 7. The minimum atomic E-state index is -0.467. The predicted octanol–water partition coefficient (Wildman–Crippen LogP) is 4.05. The summed E-state index contributed by atoms with van der Waals surface area (Å²) in [6.07, 6.45) is 6.29. The number of aliphatic hydroxyl groups is 1. The van der Waals surface area contributed by atoms with E-state index in [1.165, 1.54) is 23.5 Å². The number of nitriles is 1. The summed E-state index contributed by atoms with van der Waals surface area (Å²) >= 11 is 1.28. The Kier molecular flexibility index (Phi) is 9.56. The zero-order valence-corrected chi connectivity index (χ0v) is 28.0. The largest absolute Gasteiger partial charge is 0.392 e. The van der Waals surface area contributed by atoms with Crippen molar-refractivity contribution in [2.75, 3.05) is 49.6 Å². The molecule has 0 saturated carbocycles. The molecule has 1 amide bonds. The van der Waals surface area contributed by atoms with Gasteiger partial charge in [-0.2, -0.15) is 5.26 Å². The van der Waals surface area contributed by atoms with Crippen LogP contribution in [0.5, 0.6) is 0 Å². The van der Waals surface area contributed by atoms with Gasteiger partial charge >= 0.3 is 0 Å². The number of aliphatic hydroxyl groups excluding tert-OH is 1. The summed E-state index contributed by atoms with van der Waals surface area (Å²) in [6.45, 7) is 4.91. The average molecular weight is 689 g/mol. The number of nitrogens with one attached hydrogen (secondary N) is 1. The van der Waals surface area contributed by atoms with Crippen LogP contribution in [0.4, 0.5) is 21.3 Å². The maximum atomic E-state index is 13.6. The molecule has 2 saturated heterocycles. The first-order valence-electron chi connectivity index (χ1n) is 15.5. The van der Waals surface area contributed by atoms with Gasteiger partial charge < -0.3 is 25.1 Å². The van der Waals surface area contributed by atoms with Crippen molar-refractivity contribution in [1.82, 2.24) is 34.6 Å². The number of thiazole rings is 1. The average Bonchev–Trinajstić information content (AvgIpc) is 3.84. The molecule has 2 atom stereocenters. The maximum Gasteiger partial charge on any atom is 0.239 e. The molecule has 0 aliphatic carbocycles. The van der Waals surface area contributed by atoms with Crippen LogP contribution in [0.1, 0.15) is 23.9 Å². The van der Waals surface area contributed by atoms with Crippen LogP contribution in [-0.2, 0) is 11.2 Å². The van der Waals surface area contributed by atoms with Gasteiger partial charge in [-0.25, -0.2) is 24.3 Å². The Morgan fingerprint density at radius 1 is 1.08 bits per heavy atom. The van der Waals surface area contributed by atoms with Crippen molar-refractivity contribution in [2.45, 2.75) is 31.9 Å². The standard InChI is InChI=1S/C33H33FN10O2S.ClH/c1-3-25-30(41(2)33-40-29(27(15-35)47-33)20-4-7-23(34)8-5-20)44-19-21(6-9-28(44)39-25)22-16-37-32(38-17-22)43-12-10-42(11-13-43)31(46)26-14-24(45)18-36-26;/h4-9,16-17,19,24,26,36,45H,3,10-14,18H2,1-2H3;1H/t24-,26-;/m1./s1. The second-order valence-electron chi connectivity index (χ2n) is 11.7. The number of amides is 1. The van der Waals surface area contributed by atoms with Crippen LogP contribution < -0.4 is 15.1 Å². The fraction of sp³-hybridized carbons (Fsp3) is 0.333. The number of hydrogen-bond acceptors (Lipinski definition) is 11. The van der Waals surface area contributed by atoms with Gasteiger partial charge in [0, 0.05) is 75.1 Å². The lowest BCUT2D eigenvalue weighted by molar-refractivity contribution is -0.133. The third-order valence-electron chi connectivity index (χ3n) is 8.69. The third kappa shape index (κ3) is 6.29. The van der Waals surface area contributed by atoms with Crippen molar-refractivity contribution in [1.29, 1.82) is 5.26 Å². The number of anilines is 3. The molecule has 4 aromatic heterocycles. The highest BCUT2D eigenvalue weighted by molar-refractivity contribution is 7.16. The summed E-state index contributed by atoms with van der Waals surface area (Å²) < 4.78 is 15.6. The predicted molar refractivity (Wildman–Crippen MR) is 184 cm³/mol. The number of β-amino-alcohol motifs (C(OH)–C–C–N with tert-alkyl or cyclic N) is 1. The molecule has 248 valence electrons. The number of hydrogen-bond donors (Lipinski definition) is 2. The zero-order valence-electron chi connectivity index (χ0n) is 26.4. The van der Waals surface area contributed by atoms with Crippen LogP contribution in [0.3, 0.4) is 0 Å². The molecule has 1 aromatic carbocycles. The summed E-state index contributed by atoms with van der Waals surface area (Å²) in [5.41, 5.74) is 4.60. The van der Waals surface area contributed by atoms with E-state index in [-0.39, 0.29) is 30.2 Å². The third-order valence-corrected chi connectivity index (χ3v) is 9.73. The number of aryl methyl sites for hydroxylation is 1. The molecule has 2 aliphatic rings. The maximum absolute atomic E-state index is 13.6. The summed E-state index contributed by atoms with van der Waals surface area (Å²) in [5.74, 6) is 1.14. The number of pyridine rings is 1. The van der Waals surface area contributed by atoms with E-state index in [0.717, 1.165) is 28.3 Å². The van der Waals surface area contributed by atoms with Crippen molar-refractivity contribution >= 4 is 52.2 Å². The van der Waals surface area contributed by atoms with Crippen LogP contribution >= 0.6 is 23.7 Å². The van der Waals surface area contributed by atoms with Crippen molar-refractivity contribution in [3.05, 3.63) is 71.4 Å². The van der Waals surface area contributed by atoms with E-state index in [9.17, 15) is 19.6 Å². The van der Waals surface area contributed by atoms with E-state index in [2.05, 4.69) is 26.3 Å². The summed E-state index contributed by atoms with van der Waals surface area (Å²) in [5, 5.41) is 23.3. The summed E-state index contributed by atoms with van der Waals surface area (Å²) in [7, 11) is 1.91. The second-order valence-corrected chi connectivity index (χ2v) is 12.6. The van der Waals surface area contributed by atoms with Crippen LogP contribution in [0.2, 0.25) is 0 Å². The number of carbonyl (C=O) groups excluding carboxylic acids is 1. The van der Waals surface area contributed by atoms with Gasteiger partial charge in [-0.1, -0.05) is 18.3 Å². The molecule has 2 aliphatic heterocycles. The lowest BCUT2D eigenvalue weighted by atomic mass is 10.1. The molecule has 2 N–H and O–H groups in total. The van der Waals surface area contributed by atoms with Crippen LogP contribution in [-0.4, -0.2) is 92.2 Å². The number of benzene rings is 1. The number of piperazine rings is 1. The molecule has 7 rings (SSSR count). The smallest absolute Gasteiger partial charge is 0.239 e. The monoisotopic (exact) mass is 688 g/mol. The Morgan fingerprint density at radius 2 is 1.79 bits per heavy atom. The molecule has 6 heterocycles. The lowest BCUT2D eigenvalue weighted by Gasteiger charge is -2.35. The number of fused-ring (bicyclic) bond motifs is 1. The van der Waals surface area contributed by atoms with E-state index in [4.69, 9.17) is 9.97 Å². The molecule has 2 fully saturated rings. The van der Waals surface area contributed by atoms with Crippen molar-refractivity contribution in [3.8, 4) is 28.5 Å².